The molecule has 4 heteroatoms. The standard InChI is InChI=1S/C6H8Cl3F/c7-4-2-1-3-5(8)6(9)10/h1-4H2. The third-order valence-corrected chi connectivity index (χ3v) is 1.93. The van der Waals surface area contributed by atoms with Crippen molar-refractivity contribution in [3.8, 4) is 0 Å². The first kappa shape index (κ1) is 10.5. The van der Waals surface area contributed by atoms with Gasteiger partial charge in [0.1, 0.15) is 0 Å². The molecule has 0 amide bonds. The van der Waals surface area contributed by atoms with Crippen molar-refractivity contribution in [3.05, 3.63) is 10.3 Å². The highest BCUT2D eigenvalue weighted by molar-refractivity contribution is 6.38. The van der Waals surface area contributed by atoms with E-state index in [-0.39, 0.29) is 5.03 Å². The van der Waals surface area contributed by atoms with Gasteiger partial charge >= 0.3 is 0 Å². The Kier molecular flexibility index (Phi) is 6.60. The highest BCUT2D eigenvalue weighted by Gasteiger charge is 1.99. The zero-order valence-electron chi connectivity index (χ0n) is 5.34. The van der Waals surface area contributed by atoms with Crippen molar-refractivity contribution >= 4 is 34.8 Å². The van der Waals surface area contributed by atoms with Gasteiger partial charge in [-0.3, -0.25) is 0 Å². The molecule has 0 N–H and O–H groups in total. The second-order valence-corrected chi connectivity index (χ2v) is 2.98. The fourth-order valence-electron chi connectivity index (χ4n) is 0.469. The van der Waals surface area contributed by atoms with Crippen molar-refractivity contribution in [2.45, 2.75) is 19.3 Å². The van der Waals surface area contributed by atoms with Gasteiger partial charge in [0.05, 0.1) is 5.03 Å². The lowest BCUT2D eigenvalue weighted by Gasteiger charge is -1.95. The molecule has 0 bridgehead atoms. The zero-order chi connectivity index (χ0) is 7.98. The lowest BCUT2D eigenvalue weighted by Crippen LogP contribution is -1.78. The van der Waals surface area contributed by atoms with Crippen LogP contribution in [0.3, 0.4) is 0 Å². The van der Waals surface area contributed by atoms with Gasteiger partial charge in [-0.2, -0.15) is 4.39 Å². The molecule has 0 aromatic rings. The van der Waals surface area contributed by atoms with Crippen molar-refractivity contribution in [1.82, 2.24) is 0 Å². The fourth-order valence-corrected chi connectivity index (χ4v) is 0.886. The van der Waals surface area contributed by atoms with E-state index in [1.807, 2.05) is 0 Å². The Hall–Kier alpha value is 0.540. The van der Waals surface area contributed by atoms with Crippen LogP contribution < -0.4 is 0 Å². The second kappa shape index (κ2) is 6.26. The van der Waals surface area contributed by atoms with Gasteiger partial charge in [-0.1, -0.05) is 11.6 Å². The maximum absolute atomic E-state index is 12.0. The number of alkyl halides is 1. The molecule has 0 saturated carbocycles. The van der Waals surface area contributed by atoms with Gasteiger partial charge in [-0.15, -0.1) is 11.6 Å². The van der Waals surface area contributed by atoms with Gasteiger partial charge in [0.25, 0.3) is 0 Å². The molecule has 0 aromatic carbocycles. The predicted molar refractivity (Wildman–Crippen MR) is 44.4 cm³/mol. The summed E-state index contributed by atoms with van der Waals surface area (Å²) in [4.78, 5) is 0. The molecule has 0 rings (SSSR count). The van der Waals surface area contributed by atoms with Gasteiger partial charge in [-0.05, 0) is 30.9 Å². The molecule has 60 valence electrons. The van der Waals surface area contributed by atoms with Gasteiger partial charge in [0.2, 0.25) is 5.29 Å². The number of rotatable bonds is 4. The van der Waals surface area contributed by atoms with E-state index in [0.717, 1.165) is 12.8 Å². The molecular formula is C6H8Cl3F. The number of unbranched alkanes of at least 4 members (excludes halogenated alkanes) is 1. The van der Waals surface area contributed by atoms with Gasteiger partial charge in [-0.25, -0.2) is 0 Å². The van der Waals surface area contributed by atoms with Crippen LogP contribution >= 0.6 is 34.8 Å². The summed E-state index contributed by atoms with van der Waals surface area (Å²) in [7, 11) is 0. The molecule has 0 saturated heterocycles. The average Bonchev–Trinajstić information content (AvgIpc) is 1.88. The second-order valence-electron chi connectivity index (χ2n) is 1.81. The van der Waals surface area contributed by atoms with Crippen LogP contribution in [-0.4, -0.2) is 5.88 Å². The summed E-state index contributed by atoms with van der Waals surface area (Å²) in [6, 6.07) is 0. The van der Waals surface area contributed by atoms with Crippen molar-refractivity contribution < 1.29 is 4.39 Å². The van der Waals surface area contributed by atoms with Crippen LogP contribution in [0, 0.1) is 0 Å². The molecule has 10 heavy (non-hydrogen) atoms. The summed E-state index contributed by atoms with van der Waals surface area (Å²) in [5.74, 6) is 0.577. The van der Waals surface area contributed by atoms with Crippen molar-refractivity contribution in [3.63, 3.8) is 0 Å². The van der Waals surface area contributed by atoms with Crippen LogP contribution in [0.15, 0.2) is 10.3 Å². The fraction of sp³-hybridized carbons (Fsp3) is 0.667. The van der Waals surface area contributed by atoms with Crippen LogP contribution in [0.1, 0.15) is 19.3 Å². The van der Waals surface area contributed by atoms with E-state index in [2.05, 4.69) is 0 Å². The molecule has 0 aliphatic carbocycles. The minimum atomic E-state index is -0.809. The molecule has 0 nitrogen and oxygen atoms in total. The first-order chi connectivity index (χ1) is 4.68. The Labute approximate surface area is 74.9 Å². The molecule has 0 unspecified atom stereocenters. The third-order valence-electron chi connectivity index (χ3n) is 0.985. The van der Waals surface area contributed by atoms with Gasteiger partial charge < -0.3 is 0 Å². The Morgan fingerprint density at radius 3 is 2.20 bits per heavy atom. The molecule has 0 radical (unpaired) electrons. The largest absolute Gasteiger partial charge is 0.203 e. The molecule has 0 spiro atoms. The first-order valence-electron chi connectivity index (χ1n) is 2.94. The van der Waals surface area contributed by atoms with Gasteiger partial charge in [0.15, 0.2) is 0 Å². The lowest BCUT2D eigenvalue weighted by molar-refractivity contribution is 0.676. The molecule has 0 atom stereocenters. The summed E-state index contributed by atoms with van der Waals surface area (Å²) < 4.78 is 12.0. The summed E-state index contributed by atoms with van der Waals surface area (Å²) in [5, 5.41) is -0.719. The number of allylic oxidation sites excluding steroid dienone is 1. The SMILES string of the molecule is FC(Cl)=C(Cl)CCCCCl. The van der Waals surface area contributed by atoms with Crippen LogP contribution in [-0.2, 0) is 0 Å². The number of hydrogen-bond donors (Lipinski definition) is 0. The Morgan fingerprint density at radius 2 is 1.80 bits per heavy atom. The van der Waals surface area contributed by atoms with Crippen LogP contribution in [0.25, 0.3) is 0 Å². The maximum Gasteiger partial charge on any atom is 0.203 e. The topological polar surface area (TPSA) is 0 Å². The molecular weight excluding hydrogens is 197 g/mol. The van der Waals surface area contributed by atoms with E-state index < -0.39 is 5.29 Å². The number of hydrogen-bond acceptors (Lipinski definition) is 0. The van der Waals surface area contributed by atoms with Gasteiger partial charge in [0, 0.05) is 5.88 Å². The normalized spacial score (nSPS) is 13.2. The summed E-state index contributed by atoms with van der Waals surface area (Å²) in [5.41, 5.74) is 0. The minimum absolute atomic E-state index is 0.0896. The van der Waals surface area contributed by atoms with Crippen molar-refractivity contribution in [1.29, 1.82) is 0 Å². The molecule has 0 aliphatic heterocycles. The molecule has 0 heterocycles. The maximum atomic E-state index is 12.0. The molecule has 0 aromatic heterocycles. The van der Waals surface area contributed by atoms with Crippen LogP contribution in [0.4, 0.5) is 4.39 Å². The summed E-state index contributed by atoms with van der Waals surface area (Å²) in [6.07, 6.45) is 2.09. The Bertz CT molecular complexity index is 118. The number of halogens is 4. The zero-order valence-corrected chi connectivity index (χ0v) is 7.61. The van der Waals surface area contributed by atoms with E-state index in [1.54, 1.807) is 0 Å². The minimum Gasteiger partial charge on any atom is -0.192 e. The van der Waals surface area contributed by atoms with Crippen molar-refractivity contribution in [2.24, 2.45) is 0 Å². The lowest BCUT2D eigenvalue weighted by atomic mass is 10.2. The van der Waals surface area contributed by atoms with Crippen molar-refractivity contribution in [2.75, 3.05) is 5.88 Å². The van der Waals surface area contributed by atoms with Crippen LogP contribution in [0.5, 0.6) is 0 Å². The summed E-state index contributed by atoms with van der Waals surface area (Å²) in [6.45, 7) is 0. The quantitative estimate of drug-likeness (QED) is 0.480. The highest BCUT2D eigenvalue weighted by atomic mass is 35.5. The highest BCUT2D eigenvalue weighted by Crippen LogP contribution is 2.20. The van der Waals surface area contributed by atoms with E-state index in [1.165, 1.54) is 0 Å². The molecule has 0 aliphatic rings. The average molecular weight is 205 g/mol. The van der Waals surface area contributed by atoms with E-state index in [9.17, 15) is 4.39 Å². The molecule has 0 fully saturated rings. The van der Waals surface area contributed by atoms with E-state index >= 15 is 0 Å². The third kappa shape index (κ3) is 5.33. The van der Waals surface area contributed by atoms with E-state index in [4.69, 9.17) is 34.8 Å². The predicted octanol–water partition coefficient (Wildman–Crippen LogP) is 4.01. The first-order valence-corrected chi connectivity index (χ1v) is 4.23. The Morgan fingerprint density at radius 1 is 1.20 bits per heavy atom. The smallest absolute Gasteiger partial charge is 0.192 e. The monoisotopic (exact) mass is 204 g/mol. The van der Waals surface area contributed by atoms with E-state index in [0.29, 0.717) is 12.3 Å². The van der Waals surface area contributed by atoms with Crippen LogP contribution in [0.2, 0.25) is 0 Å². The Balaban J connectivity index is 3.40. The summed E-state index contributed by atoms with van der Waals surface area (Å²) >= 11 is 15.7.